The van der Waals surface area contributed by atoms with E-state index in [0.717, 1.165) is 17.8 Å². The highest BCUT2D eigenvalue weighted by atomic mass is 32.2. The smallest absolute Gasteiger partial charge is 0.00927 e. The maximum absolute atomic E-state index is 3.88. The van der Waals surface area contributed by atoms with Crippen LogP contribution in [-0.4, -0.2) is 24.6 Å². The largest absolute Gasteiger partial charge is 0.314 e. The van der Waals surface area contributed by atoms with Gasteiger partial charge < -0.3 is 5.32 Å². The molecule has 2 rings (SSSR count). The van der Waals surface area contributed by atoms with E-state index in [9.17, 15) is 0 Å². The summed E-state index contributed by atoms with van der Waals surface area (Å²) in [6.07, 6.45) is 15.2. The highest BCUT2D eigenvalue weighted by Gasteiger charge is 2.43. The van der Waals surface area contributed by atoms with Crippen LogP contribution in [-0.2, 0) is 0 Å². The Morgan fingerprint density at radius 3 is 2.32 bits per heavy atom. The van der Waals surface area contributed by atoms with Crippen molar-refractivity contribution in [3.05, 3.63) is 0 Å². The second-order valence-electron chi connectivity index (χ2n) is 8.69. The number of hydrogen-bond acceptors (Lipinski definition) is 2. The van der Waals surface area contributed by atoms with E-state index >= 15 is 0 Å². The molecule has 3 unspecified atom stereocenters. The predicted molar refractivity (Wildman–Crippen MR) is 102 cm³/mol. The Labute approximate surface area is 143 Å². The molecular weight excluding hydrogens is 286 g/mol. The van der Waals surface area contributed by atoms with E-state index in [1.165, 1.54) is 70.1 Å². The zero-order valence-electron chi connectivity index (χ0n) is 15.5. The van der Waals surface area contributed by atoms with Gasteiger partial charge in [0.05, 0.1) is 0 Å². The molecule has 1 nitrogen and oxygen atoms in total. The topological polar surface area (TPSA) is 12.0 Å². The van der Waals surface area contributed by atoms with Gasteiger partial charge in [-0.05, 0) is 93.6 Å². The van der Waals surface area contributed by atoms with Crippen molar-refractivity contribution in [3.8, 4) is 0 Å². The van der Waals surface area contributed by atoms with E-state index < -0.39 is 0 Å². The number of hydrogen-bond donors (Lipinski definition) is 1. The lowest BCUT2D eigenvalue weighted by Crippen LogP contribution is -2.48. The van der Waals surface area contributed by atoms with Crippen molar-refractivity contribution in [1.82, 2.24) is 5.32 Å². The molecule has 2 aliphatic rings. The molecule has 0 aromatic heterocycles. The fourth-order valence-corrected chi connectivity index (χ4v) is 5.77. The van der Waals surface area contributed by atoms with Crippen LogP contribution in [0.3, 0.4) is 0 Å². The number of nitrogens with one attached hydrogen (secondary N) is 1. The van der Waals surface area contributed by atoms with Gasteiger partial charge in [0, 0.05) is 6.04 Å². The Balaban J connectivity index is 1.67. The fourth-order valence-electron chi connectivity index (χ4n) is 5.28. The summed E-state index contributed by atoms with van der Waals surface area (Å²) in [6, 6.07) is 0.692. The minimum atomic E-state index is 0.548. The van der Waals surface area contributed by atoms with Gasteiger partial charge in [-0.15, -0.1) is 0 Å². The maximum atomic E-state index is 3.88. The zero-order chi connectivity index (χ0) is 16.0. The Kier molecular flexibility index (Phi) is 7.60. The summed E-state index contributed by atoms with van der Waals surface area (Å²) in [5.41, 5.74) is 0.548. The van der Waals surface area contributed by atoms with Crippen LogP contribution in [0.1, 0.15) is 78.6 Å². The van der Waals surface area contributed by atoms with E-state index in [4.69, 9.17) is 0 Å². The van der Waals surface area contributed by atoms with Gasteiger partial charge in [0.1, 0.15) is 0 Å². The molecule has 2 saturated carbocycles. The first-order valence-electron chi connectivity index (χ1n) is 9.76. The van der Waals surface area contributed by atoms with Crippen molar-refractivity contribution in [2.45, 2.75) is 84.6 Å². The molecule has 0 aromatic carbocycles. The van der Waals surface area contributed by atoms with Crippen molar-refractivity contribution in [3.63, 3.8) is 0 Å². The van der Waals surface area contributed by atoms with E-state index in [1.54, 1.807) is 0 Å². The molecule has 3 atom stereocenters. The summed E-state index contributed by atoms with van der Waals surface area (Å²) < 4.78 is 0. The third-order valence-electron chi connectivity index (χ3n) is 6.42. The minimum absolute atomic E-state index is 0.548. The summed E-state index contributed by atoms with van der Waals surface area (Å²) in [5.74, 6) is 4.35. The molecule has 22 heavy (non-hydrogen) atoms. The highest BCUT2D eigenvalue weighted by molar-refractivity contribution is 7.98. The van der Waals surface area contributed by atoms with E-state index in [-0.39, 0.29) is 0 Å². The molecular formula is C20H39NS. The van der Waals surface area contributed by atoms with Gasteiger partial charge in [0.25, 0.3) is 0 Å². The van der Waals surface area contributed by atoms with Gasteiger partial charge in [-0.3, -0.25) is 0 Å². The molecule has 0 aromatic rings. The molecule has 2 heteroatoms. The van der Waals surface area contributed by atoms with Crippen molar-refractivity contribution >= 4 is 11.8 Å². The van der Waals surface area contributed by atoms with Crippen molar-refractivity contribution in [2.24, 2.45) is 23.2 Å². The quantitative estimate of drug-likeness (QED) is 0.542. The van der Waals surface area contributed by atoms with Gasteiger partial charge in [-0.2, -0.15) is 11.8 Å². The van der Waals surface area contributed by atoms with Crippen molar-refractivity contribution in [1.29, 1.82) is 0 Å². The van der Waals surface area contributed by atoms with E-state index in [2.05, 4.69) is 32.3 Å². The molecule has 2 aliphatic carbocycles. The Bertz CT molecular complexity index is 299. The minimum Gasteiger partial charge on any atom is -0.314 e. The summed E-state index contributed by atoms with van der Waals surface area (Å²) in [6.45, 7) is 8.72. The first kappa shape index (κ1) is 18.6. The summed E-state index contributed by atoms with van der Waals surface area (Å²) in [7, 11) is 0. The second-order valence-corrected chi connectivity index (χ2v) is 9.68. The number of rotatable bonds is 9. The van der Waals surface area contributed by atoms with Crippen LogP contribution in [0.15, 0.2) is 0 Å². The molecule has 0 radical (unpaired) electrons. The van der Waals surface area contributed by atoms with Crippen LogP contribution in [0.5, 0.6) is 0 Å². The number of fused-ring (bicyclic) bond motifs is 2. The summed E-state index contributed by atoms with van der Waals surface area (Å²) >= 11 is 1.98. The van der Waals surface area contributed by atoms with E-state index in [0.29, 0.717) is 11.5 Å². The van der Waals surface area contributed by atoms with Gasteiger partial charge in [-0.25, -0.2) is 0 Å². The van der Waals surface area contributed by atoms with Crippen LogP contribution >= 0.6 is 11.8 Å². The Hall–Kier alpha value is 0.310. The normalized spacial score (nSPS) is 36.3. The highest BCUT2D eigenvalue weighted by Crippen LogP contribution is 2.51. The second kappa shape index (κ2) is 8.97. The van der Waals surface area contributed by atoms with Gasteiger partial charge >= 0.3 is 0 Å². The van der Waals surface area contributed by atoms with Crippen LogP contribution in [0.25, 0.3) is 0 Å². The standard InChI is InChI=1S/C20H39NS/c1-16-11-18-13-19(12-16)15-20(3,14-18)17(2)21-9-7-5-6-8-10-22-4/h16-19,21H,5-15H2,1-4H3. The SMILES string of the molecule is CSCCCCCCNC(C)C1(C)CC2CC(C)CC(C2)C1. The molecule has 0 heterocycles. The van der Waals surface area contributed by atoms with Crippen LogP contribution in [0.4, 0.5) is 0 Å². The zero-order valence-corrected chi connectivity index (χ0v) is 16.3. The average molecular weight is 326 g/mol. The van der Waals surface area contributed by atoms with Gasteiger partial charge in [0.2, 0.25) is 0 Å². The first-order chi connectivity index (χ1) is 10.5. The van der Waals surface area contributed by atoms with Crippen molar-refractivity contribution < 1.29 is 0 Å². The maximum Gasteiger partial charge on any atom is 0.00927 e. The van der Waals surface area contributed by atoms with Crippen LogP contribution < -0.4 is 5.32 Å². The monoisotopic (exact) mass is 325 g/mol. The first-order valence-corrected chi connectivity index (χ1v) is 11.1. The third kappa shape index (κ3) is 5.44. The predicted octanol–water partition coefficient (Wildman–Crippen LogP) is 5.74. The lowest BCUT2D eigenvalue weighted by atomic mass is 9.57. The number of thioether (sulfide) groups is 1. The Morgan fingerprint density at radius 2 is 1.68 bits per heavy atom. The molecule has 2 fully saturated rings. The fraction of sp³-hybridized carbons (Fsp3) is 1.00. The molecule has 0 spiro atoms. The van der Waals surface area contributed by atoms with Crippen LogP contribution in [0.2, 0.25) is 0 Å². The molecule has 0 aliphatic heterocycles. The summed E-state index contributed by atoms with van der Waals surface area (Å²) in [5, 5.41) is 3.88. The molecule has 130 valence electrons. The third-order valence-corrected chi connectivity index (χ3v) is 7.12. The van der Waals surface area contributed by atoms with E-state index in [1.807, 2.05) is 11.8 Å². The lowest BCUT2D eigenvalue weighted by Gasteiger charge is -2.50. The average Bonchev–Trinajstić information content (AvgIpc) is 2.44. The molecule has 0 amide bonds. The molecule has 1 N–H and O–H groups in total. The molecule has 0 saturated heterocycles. The molecule has 2 bridgehead atoms. The lowest BCUT2D eigenvalue weighted by molar-refractivity contribution is 0.0245. The summed E-state index contributed by atoms with van der Waals surface area (Å²) in [4.78, 5) is 0. The number of unbranched alkanes of at least 4 members (excludes halogenated alkanes) is 3. The van der Waals surface area contributed by atoms with Gasteiger partial charge in [0.15, 0.2) is 0 Å². The van der Waals surface area contributed by atoms with Crippen LogP contribution in [0, 0.1) is 23.2 Å². The Morgan fingerprint density at radius 1 is 1.05 bits per heavy atom. The van der Waals surface area contributed by atoms with Crippen molar-refractivity contribution in [2.75, 3.05) is 18.6 Å². The van der Waals surface area contributed by atoms with Gasteiger partial charge in [-0.1, -0.05) is 26.7 Å².